The number of carboxylic acid groups (broad SMARTS) is 1. The lowest BCUT2D eigenvalue weighted by atomic mass is 10.0. The van der Waals surface area contributed by atoms with Gasteiger partial charge in [0.1, 0.15) is 5.69 Å². The van der Waals surface area contributed by atoms with Crippen LogP contribution in [0.3, 0.4) is 0 Å². The van der Waals surface area contributed by atoms with E-state index in [-0.39, 0.29) is 22.2 Å². The second-order valence-electron chi connectivity index (χ2n) is 5.48. The summed E-state index contributed by atoms with van der Waals surface area (Å²) in [5.74, 6) is -3.50. The van der Waals surface area contributed by atoms with E-state index >= 15 is 0 Å². The van der Waals surface area contributed by atoms with Crippen molar-refractivity contribution in [2.24, 2.45) is 5.73 Å². The number of rotatable bonds is 4. The number of carboxylic acids is 1. The molecule has 0 aliphatic rings. The summed E-state index contributed by atoms with van der Waals surface area (Å²) in [6.07, 6.45) is -3.50. The van der Waals surface area contributed by atoms with Crippen LogP contribution in [0.15, 0.2) is 35.0 Å². The largest absolute Gasteiger partial charge is 0.505 e. The van der Waals surface area contributed by atoms with Gasteiger partial charge in [-0.25, -0.2) is 4.98 Å². The molecule has 0 radical (unpaired) electrons. The highest BCUT2D eigenvalue weighted by atomic mass is 19.4. The van der Waals surface area contributed by atoms with Crippen LogP contribution in [-0.2, 0) is 11.0 Å². The van der Waals surface area contributed by atoms with Gasteiger partial charge >= 0.3 is 12.1 Å². The number of aromatic nitrogens is 2. The number of aromatic hydroxyl groups is 1. The third kappa shape index (κ3) is 3.19. The van der Waals surface area contributed by atoms with Crippen LogP contribution < -0.4 is 5.73 Å². The number of aliphatic carboxylic acids is 1. The molecule has 27 heavy (non-hydrogen) atoms. The average Bonchev–Trinajstić information content (AvgIpc) is 3.05. The Morgan fingerprint density at radius 1 is 1.19 bits per heavy atom. The number of pyridine rings is 1. The Kier molecular flexibility index (Phi) is 4.31. The van der Waals surface area contributed by atoms with Gasteiger partial charge in [-0.2, -0.15) is 13.2 Å². The molecule has 3 rings (SSSR count). The molecule has 4 N–H and O–H groups in total. The molecule has 11 heteroatoms. The molecule has 140 valence electrons. The topological polar surface area (TPSA) is 140 Å². The minimum absolute atomic E-state index is 0.0448. The van der Waals surface area contributed by atoms with E-state index < -0.39 is 41.0 Å². The monoisotopic (exact) mass is 381 g/mol. The van der Waals surface area contributed by atoms with Crippen LogP contribution >= 0.6 is 0 Å². The highest BCUT2D eigenvalue weighted by Gasteiger charge is 2.31. The molecule has 3 aromatic rings. The summed E-state index contributed by atoms with van der Waals surface area (Å²) >= 11 is 0. The zero-order chi connectivity index (χ0) is 19.9. The number of hydrogen-bond acceptors (Lipinski definition) is 7. The lowest BCUT2D eigenvalue weighted by Crippen LogP contribution is -2.38. The van der Waals surface area contributed by atoms with Gasteiger partial charge in [0, 0.05) is 5.56 Å². The average molecular weight is 381 g/mol. The van der Waals surface area contributed by atoms with Crippen molar-refractivity contribution >= 4 is 22.7 Å². The number of fused-ring (bicyclic) bond motifs is 1. The first-order valence-electron chi connectivity index (χ1n) is 7.29. The Bertz CT molecular complexity index is 1040. The number of ketones is 1. The Hall–Kier alpha value is -3.47. The molecule has 2 aromatic heterocycles. The molecule has 0 fully saturated rings. The predicted octanol–water partition coefficient (Wildman–Crippen LogP) is 2.21. The van der Waals surface area contributed by atoms with E-state index in [4.69, 9.17) is 15.4 Å². The molecule has 0 aliphatic carbocycles. The fourth-order valence-corrected chi connectivity index (χ4v) is 2.38. The molecule has 0 aliphatic heterocycles. The van der Waals surface area contributed by atoms with Crippen LogP contribution in [0.2, 0.25) is 0 Å². The summed E-state index contributed by atoms with van der Waals surface area (Å²) in [7, 11) is 0. The molecule has 0 saturated carbocycles. The molecule has 0 amide bonds. The van der Waals surface area contributed by atoms with Gasteiger partial charge in [-0.1, -0.05) is 17.3 Å². The number of Topliss-reactive ketones (excluding diaryl/α,β-unsaturated/α-hetero) is 1. The van der Waals surface area contributed by atoms with Gasteiger partial charge in [0.05, 0.1) is 17.1 Å². The SMILES string of the molecule is NC(C(=O)O)C(=O)c1ncc2onc(-c3ccc(C(F)(F)F)cc3)c2c1O. The lowest BCUT2D eigenvalue weighted by Gasteiger charge is -2.08. The standard InChI is InChI=1S/C16H10F3N3O5/c17-16(18,19)7-3-1-6(2-4-7)11-9-8(27-22-11)5-21-12(13(9)23)14(24)10(20)15(25)26/h1-5,10,23H,20H2,(H,25,26). The fraction of sp³-hybridized carbons (Fsp3) is 0.125. The van der Waals surface area contributed by atoms with Gasteiger partial charge in [0.25, 0.3) is 0 Å². The van der Waals surface area contributed by atoms with Gasteiger partial charge in [0.15, 0.2) is 23.1 Å². The molecule has 8 nitrogen and oxygen atoms in total. The van der Waals surface area contributed by atoms with Crippen molar-refractivity contribution in [3.8, 4) is 17.0 Å². The first-order chi connectivity index (χ1) is 12.6. The summed E-state index contributed by atoms with van der Waals surface area (Å²) < 4.78 is 43.0. The van der Waals surface area contributed by atoms with Crippen molar-refractivity contribution in [1.29, 1.82) is 0 Å². The molecule has 1 unspecified atom stereocenters. The van der Waals surface area contributed by atoms with E-state index in [9.17, 15) is 27.9 Å². The van der Waals surface area contributed by atoms with Crippen LogP contribution in [0, 0.1) is 0 Å². The van der Waals surface area contributed by atoms with Crippen molar-refractivity contribution in [3.05, 3.63) is 41.7 Å². The quantitative estimate of drug-likeness (QED) is 0.462. The number of halogens is 3. The molecule has 0 saturated heterocycles. The van der Waals surface area contributed by atoms with Crippen molar-refractivity contribution in [2.45, 2.75) is 12.2 Å². The first-order valence-corrected chi connectivity index (χ1v) is 7.29. The number of carbonyl (C=O) groups is 2. The number of benzene rings is 1. The summed E-state index contributed by atoms with van der Waals surface area (Å²) in [6, 6.07) is 1.92. The van der Waals surface area contributed by atoms with Crippen molar-refractivity contribution < 1.29 is 37.5 Å². The first kappa shape index (κ1) is 18.3. The van der Waals surface area contributed by atoms with E-state index in [1.54, 1.807) is 0 Å². The number of hydrogen-bond donors (Lipinski definition) is 3. The predicted molar refractivity (Wildman–Crippen MR) is 83.8 cm³/mol. The van der Waals surface area contributed by atoms with Crippen LogP contribution in [0.5, 0.6) is 5.75 Å². The fourth-order valence-electron chi connectivity index (χ4n) is 2.38. The molecule has 2 heterocycles. The summed E-state index contributed by atoms with van der Waals surface area (Å²) in [6.45, 7) is 0. The minimum atomic E-state index is -4.52. The Morgan fingerprint density at radius 2 is 1.81 bits per heavy atom. The zero-order valence-electron chi connectivity index (χ0n) is 13.2. The van der Waals surface area contributed by atoms with Gasteiger partial charge in [0.2, 0.25) is 5.78 Å². The third-order valence-corrected chi connectivity index (χ3v) is 3.76. The molecular formula is C16H10F3N3O5. The molecule has 1 atom stereocenters. The molecular weight excluding hydrogens is 371 g/mol. The number of nitrogens with two attached hydrogens (primary N) is 1. The normalized spacial score (nSPS) is 12.9. The zero-order valence-corrected chi connectivity index (χ0v) is 13.2. The maximum absolute atomic E-state index is 12.7. The Morgan fingerprint density at radius 3 is 2.37 bits per heavy atom. The molecule has 1 aromatic carbocycles. The summed E-state index contributed by atoms with van der Waals surface area (Å²) in [4.78, 5) is 26.6. The maximum atomic E-state index is 12.7. The van der Waals surface area contributed by atoms with Gasteiger partial charge < -0.3 is 20.5 Å². The highest BCUT2D eigenvalue weighted by molar-refractivity contribution is 6.14. The van der Waals surface area contributed by atoms with Gasteiger partial charge in [-0.3, -0.25) is 9.59 Å². The number of alkyl halides is 3. The second-order valence-corrected chi connectivity index (χ2v) is 5.48. The number of carbonyl (C=O) groups excluding carboxylic acids is 1. The Balaban J connectivity index is 2.12. The molecule has 0 bridgehead atoms. The van der Waals surface area contributed by atoms with Crippen molar-refractivity contribution in [3.63, 3.8) is 0 Å². The van der Waals surface area contributed by atoms with Crippen LogP contribution in [0.1, 0.15) is 16.1 Å². The van der Waals surface area contributed by atoms with Crippen LogP contribution in [0.4, 0.5) is 13.2 Å². The lowest BCUT2D eigenvalue weighted by molar-refractivity contribution is -0.138. The Labute approximate surface area is 148 Å². The third-order valence-electron chi connectivity index (χ3n) is 3.76. The number of nitrogens with zero attached hydrogens (tertiary/aromatic N) is 2. The van der Waals surface area contributed by atoms with E-state index in [0.29, 0.717) is 0 Å². The van der Waals surface area contributed by atoms with Gasteiger partial charge in [-0.05, 0) is 12.1 Å². The summed E-state index contributed by atoms with van der Waals surface area (Å²) in [5, 5.41) is 22.8. The van der Waals surface area contributed by atoms with E-state index in [1.807, 2.05) is 0 Å². The minimum Gasteiger partial charge on any atom is -0.505 e. The van der Waals surface area contributed by atoms with Crippen LogP contribution in [-0.4, -0.2) is 38.1 Å². The second kappa shape index (κ2) is 6.36. The summed E-state index contributed by atoms with van der Waals surface area (Å²) in [5.41, 5.74) is 3.82. The highest BCUT2D eigenvalue weighted by Crippen LogP contribution is 2.37. The van der Waals surface area contributed by atoms with Crippen molar-refractivity contribution in [2.75, 3.05) is 0 Å². The maximum Gasteiger partial charge on any atom is 0.416 e. The van der Waals surface area contributed by atoms with Gasteiger partial charge in [-0.15, -0.1) is 0 Å². The van der Waals surface area contributed by atoms with E-state index in [1.165, 1.54) is 0 Å². The molecule has 0 spiro atoms. The van der Waals surface area contributed by atoms with E-state index in [2.05, 4.69) is 10.1 Å². The van der Waals surface area contributed by atoms with E-state index in [0.717, 1.165) is 30.5 Å². The van der Waals surface area contributed by atoms with Crippen molar-refractivity contribution in [1.82, 2.24) is 10.1 Å². The smallest absolute Gasteiger partial charge is 0.416 e. The van der Waals surface area contributed by atoms with Crippen LogP contribution in [0.25, 0.3) is 22.2 Å².